The molecule has 1 aromatic heterocycles. The van der Waals surface area contributed by atoms with E-state index in [0.717, 1.165) is 82.9 Å². The van der Waals surface area contributed by atoms with Crippen LogP contribution in [0.1, 0.15) is 30.9 Å². The van der Waals surface area contributed by atoms with Gasteiger partial charge in [0.15, 0.2) is 0 Å². The zero-order valence-electron chi connectivity index (χ0n) is 22.6. The van der Waals surface area contributed by atoms with Crippen LogP contribution in [0.3, 0.4) is 0 Å². The summed E-state index contributed by atoms with van der Waals surface area (Å²) >= 11 is 12.8. The summed E-state index contributed by atoms with van der Waals surface area (Å²) in [7, 11) is 0. The van der Waals surface area contributed by atoms with E-state index in [2.05, 4.69) is 55.3 Å². The van der Waals surface area contributed by atoms with E-state index in [1.54, 1.807) is 13.0 Å². The molecule has 3 heterocycles. The van der Waals surface area contributed by atoms with Gasteiger partial charge in [-0.25, -0.2) is 0 Å². The summed E-state index contributed by atoms with van der Waals surface area (Å²) in [5.74, 6) is 0.619. The summed E-state index contributed by atoms with van der Waals surface area (Å²) in [6, 6.07) is 16.9. The molecule has 0 radical (unpaired) electrons. The number of piperazine rings is 1. The second-order valence-corrected chi connectivity index (χ2v) is 11.7. The first kappa shape index (κ1) is 27.9. The molecule has 0 atom stereocenters. The smallest absolute Gasteiger partial charge is 0.216 e. The van der Waals surface area contributed by atoms with Crippen molar-refractivity contribution in [1.29, 1.82) is 0 Å². The number of amides is 1. The third-order valence-electron chi connectivity index (χ3n) is 7.81. The Bertz CT molecular complexity index is 1230. The quantitative estimate of drug-likeness (QED) is 0.378. The predicted molar refractivity (Wildman–Crippen MR) is 160 cm³/mol. The maximum Gasteiger partial charge on any atom is 0.216 e. The average Bonchev–Trinajstić information content (AvgIpc) is 2.93. The predicted octanol–water partition coefficient (Wildman–Crippen LogP) is 5.73. The van der Waals surface area contributed by atoms with Gasteiger partial charge in [0, 0.05) is 80.9 Å². The number of likely N-dealkylation sites (tertiary alicyclic amines) is 1. The molecule has 1 amide bonds. The molecule has 2 aliphatic rings. The summed E-state index contributed by atoms with van der Waals surface area (Å²) in [6.45, 7) is 10.4. The number of piperidine rings is 1. The highest BCUT2D eigenvalue weighted by Gasteiger charge is 2.21. The summed E-state index contributed by atoms with van der Waals surface area (Å²) in [5, 5.41) is 4.28. The molecule has 0 aliphatic carbocycles. The molecule has 1 N–H and O–H groups in total. The Morgan fingerprint density at radius 1 is 0.821 bits per heavy atom. The van der Waals surface area contributed by atoms with Gasteiger partial charge in [0.1, 0.15) is 0 Å². The molecule has 0 unspecified atom stereocenters. The summed E-state index contributed by atoms with van der Waals surface area (Å²) in [6.07, 6.45) is 5.95. The monoisotopic (exact) mass is 565 g/mol. The van der Waals surface area contributed by atoms with E-state index in [4.69, 9.17) is 23.2 Å². The van der Waals surface area contributed by atoms with Gasteiger partial charge in [0.2, 0.25) is 5.91 Å². The van der Waals surface area contributed by atoms with Crippen LogP contribution in [0.2, 0.25) is 10.0 Å². The van der Waals surface area contributed by atoms with E-state index < -0.39 is 0 Å². The second kappa shape index (κ2) is 13.1. The molecule has 6 nitrogen and oxygen atoms in total. The van der Waals surface area contributed by atoms with Crippen LogP contribution in [0.25, 0.3) is 11.1 Å². The SMILES string of the molecule is CC(=O)NCC1CCN(Cc2cc(CN3CCN(c4ccncc4)CC3)cc(-c3cc(Cl)cc(Cl)c3)c2)CC1. The van der Waals surface area contributed by atoms with Gasteiger partial charge in [-0.1, -0.05) is 29.3 Å². The number of nitrogens with zero attached hydrogens (tertiary/aromatic N) is 4. The maximum absolute atomic E-state index is 11.3. The van der Waals surface area contributed by atoms with Crippen LogP contribution in [0.15, 0.2) is 60.9 Å². The number of hydrogen-bond acceptors (Lipinski definition) is 5. The Morgan fingerprint density at radius 2 is 1.38 bits per heavy atom. The fourth-order valence-electron chi connectivity index (χ4n) is 5.70. The summed E-state index contributed by atoms with van der Waals surface area (Å²) < 4.78 is 0. The molecule has 2 saturated heterocycles. The number of aromatic nitrogens is 1. The highest BCUT2D eigenvalue weighted by Crippen LogP contribution is 2.30. The highest BCUT2D eigenvalue weighted by molar-refractivity contribution is 6.35. The van der Waals surface area contributed by atoms with Crippen molar-refractivity contribution in [1.82, 2.24) is 20.1 Å². The zero-order valence-corrected chi connectivity index (χ0v) is 24.1. The third-order valence-corrected chi connectivity index (χ3v) is 8.24. The first-order valence-corrected chi connectivity index (χ1v) is 14.6. The molecule has 0 bridgehead atoms. The Balaban J connectivity index is 1.28. The molecular weight excluding hydrogens is 529 g/mol. The number of halogens is 2. The van der Waals surface area contributed by atoms with Crippen molar-refractivity contribution in [3.05, 3.63) is 82.1 Å². The van der Waals surface area contributed by atoms with E-state index in [9.17, 15) is 4.79 Å². The Kier molecular flexibility index (Phi) is 9.40. The fraction of sp³-hybridized carbons (Fsp3) is 0.419. The lowest BCUT2D eigenvalue weighted by atomic mass is 9.95. The molecule has 2 aliphatic heterocycles. The topological polar surface area (TPSA) is 51.7 Å². The van der Waals surface area contributed by atoms with Gasteiger partial charge in [-0.15, -0.1) is 0 Å². The van der Waals surface area contributed by atoms with Crippen molar-refractivity contribution >= 4 is 34.8 Å². The summed E-state index contributed by atoms with van der Waals surface area (Å²) in [5.41, 5.74) is 6.08. The maximum atomic E-state index is 11.3. The number of benzene rings is 2. The van der Waals surface area contributed by atoms with Crippen molar-refractivity contribution in [3.63, 3.8) is 0 Å². The van der Waals surface area contributed by atoms with Crippen LogP contribution in [0, 0.1) is 5.92 Å². The van der Waals surface area contributed by atoms with Gasteiger partial charge in [0.05, 0.1) is 0 Å². The number of carbonyl (C=O) groups excluding carboxylic acids is 1. The van der Waals surface area contributed by atoms with E-state index in [-0.39, 0.29) is 5.91 Å². The first-order chi connectivity index (χ1) is 18.9. The lowest BCUT2D eigenvalue weighted by Crippen LogP contribution is -2.46. The van der Waals surface area contributed by atoms with Crippen LogP contribution < -0.4 is 10.2 Å². The van der Waals surface area contributed by atoms with Crippen molar-refractivity contribution in [2.24, 2.45) is 5.92 Å². The van der Waals surface area contributed by atoms with Crippen LogP contribution in [-0.4, -0.2) is 66.5 Å². The molecule has 0 saturated carbocycles. The van der Waals surface area contributed by atoms with Crippen molar-refractivity contribution < 1.29 is 4.79 Å². The molecule has 2 fully saturated rings. The van der Waals surface area contributed by atoms with E-state index in [1.807, 2.05) is 24.5 Å². The van der Waals surface area contributed by atoms with Gasteiger partial charge in [-0.3, -0.25) is 19.6 Å². The minimum absolute atomic E-state index is 0.0571. The Hall–Kier alpha value is -2.64. The molecule has 5 rings (SSSR count). The Morgan fingerprint density at radius 3 is 1.97 bits per heavy atom. The lowest BCUT2D eigenvalue weighted by molar-refractivity contribution is -0.119. The first-order valence-electron chi connectivity index (χ1n) is 13.8. The van der Waals surface area contributed by atoms with Crippen molar-refractivity contribution in [3.8, 4) is 11.1 Å². The highest BCUT2D eigenvalue weighted by atomic mass is 35.5. The van der Waals surface area contributed by atoms with Crippen LogP contribution in [-0.2, 0) is 17.9 Å². The normalized spacial score (nSPS) is 17.4. The second-order valence-electron chi connectivity index (χ2n) is 10.8. The largest absolute Gasteiger partial charge is 0.369 e. The van der Waals surface area contributed by atoms with Crippen molar-refractivity contribution in [2.45, 2.75) is 32.9 Å². The van der Waals surface area contributed by atoms with Crippen molar-refractivity contribution in [2.75, 3.05) is 50.7 Å². The minimum Gasteiger partial charge on any atom is -0.369 e. The van der Waals surface area contributed by atoms with Gasteiger partial charge in [-0.2, -0.15) is 0 Å². The molecule has 8 heteroatoms. The molecule has 2 aromatic carbocycles. The van der Waals surface area contributed by atoms with Crippen LogP contribution in [0.4, 0.5) is 5.69 Å². The van der Waals surface area contributed by atoms with Crippen LogP contribution >= 0.6 is 23.2 Å². The number of pyridine rings is 1. The Labute approximate surface area is 241 Å². The lowest BCUT2D eigenvalue weighted by Gasteiger charge is -2.36. The molecule has 0 spiro atoms. The molecular formula is C31H37Cl2N5O. The van der Waals surface area contributed by atoms with Crippen LogP contribution in [0.5, 0.6) is 0 Å². The fourth-order valence-corrected chi connectivity index (χ4v) is 6.23. The number of carbonyl (C=O) groups is 1. The van der Waals surface area contributed by atoms with Gasteiger partial charge < -0.3 is 10.2 Å². The molecule has 39 heavy (non-hydrogen) atoms. The van der Waals surface area contributed by atoms with Gasteiger partial charge >= 0.3 is 0 Å². The third kappa shape index (κ3) is 7.95. The number of nitrogens with one attached hydrogen (secondary N) is 1. The van der Waals surface area contributed by atoms with E-state index in [1.165, 1.54) is 16.8 Å². The molecule has 206 valence electrons. The average molecular weight is 567 g/mol. The standard InChI is InChI=1S/C31H37Cl2N5O/c1-23(39)35-20-24-4-8-36(9-5-24)21-25-14-26(16-27(15-25)28-17-29(32)19-30(33)18-28)22-37-10-12-38(13-11-37)31-2-6-34-7-3-31/h2-3,6-7,14-19,24H,4-5,8-13,20-22H2,1H3,(H,35,39). The number of anilines is 1. The van der Waals surface area contributed by atoms with Gasteiger partial charge in [-0.05, 0) is 96.6 Å². The van der Waals surface area contributed by atoms with E-state index in [0.29, 0.717) is 16.0 Å². The zero-order chi connectivity index (χ0) is 27.2. The van der Waals surface area contributed by atoms with Gasteiger partial charge in [0.25, 0.3) is 0 Å². The number of rotatable bonds is 8. The number of hydrogen-bond donors (Lipinski definition) is 1. The summed E-state index contributed by atoms with van der Waals surface area (Å²) in [4.78, 5) is 23.0. The minimum atomic E-state index is 0.0571. The van der Waals surface area contributed by atoms with E-state index >= 15 is 0 Å². The molecule has 3 aromatic rings.